The molecule has 26 heavy (non-hydrogen) atoms. The number of β-lactam (4-membered cyclic amide) rings is 1. The van der Waals surface area contributed by atoms with Crippen LogP contribution in [0.25, 0.3) is 5.57 Å². The maximum Gasteiger partial charge on any atom is 1.00 e. The number of carboxylic acid groups (broad SMARTS) is 1. The van der Waals surface area contributed by atoms with Gasteiger partial charge in [0.1, 0.15) is 5.70 Å². The standard InChI is InChI=1S/C18H20N2O5.Na.H/c1-3-19-16(22)11-6-4-10(5-7-11)12-8-13-14(9(2)21)17(23)20(13)15(12)18(24)25;;/h4-7,9,13-14,21H,3,8H2,1-2H3,(H,19,22)(H,24,25);;/q;+1;-1/t9-,13-,14-;;/m1../s1. The van der Waals surface area contributed by atoms with Crippen LogP contribution in [-0.2, 0) is 9.59 Å². The monoisotopic (exact) mass is 368 g/mol. The number of aliphatic hydroxyl groups excluding tert-OH is 1. The van der Waals surface area contributed by atoms with Gasteiger partial charge in [0.05, 0.1) is 18.1 Å². The van der Waals surface area contributed by atoms with Crippen molar-refractivity contribution in [2.45, 2.75) is 32.4 Å². The third-order valence-electron chi connectivity index (χ3n) is 4.76. The van der Waals surface area contributed by atoms with Crippen molar-refractivity contribution < 1.29 is 55.6 Å². The summed E-state index contributed by atoms with van der Waals surface area (Å²) in [5, 5.41) is 22.0. The second-order valence-corrected chi connectivity index (χ2v) is 6.32. The first-order valence-corrected chi connectivity index (χ1v) is 8.23. The van der Waals surface area contributed by atoms with Crippen LogP contribution in [-0.4, -0.2) is 51.6 Å². The molecule has 3 atom stereocenters. The second kappa shape index (κ2) is 7.92. The Morgan fingerprint density at radius 2 is 1.96 bits per heavy atom. The minimum Gasteiger partial charge on any atom is -1.00 e. The Hall–Kier alpha value is -1.67. The number of benzene rings is 1. The molecule has 2 heterocycles. The summed E-state index contributed by atoms with van der Waals surface area (Å²) in [5.74, 6) is -2.28. The van der Waals surface area contributed by atoms with E-state index in [1.54, 1.807) is 31.2 Å². The summed E-state index contributed by atoms with van der Waals surface area (Å²) in [4.78, 5) is 37.0. The van der Waals surface area contributed by atoms with Gasteiger partial charge in [0.25, 0.3) is 5.91 Å². The van der Waals surface area contributed by atoms with Gasteiger partial charge in [0, 0.05) is 12.1 Å². The first-order valence-electron chi connectivity index (χ1n) is 8.23. The van der Waals surface area contributed by atoms with E-state index in [1.807, 2.05) is 6.92 Å². The number of nitrogens with one attached hydrogen (secondary N) is 1. The first-order chi connectivity index (χ1) is 11.9. The molecule has 0 unspecified atom stereocenters. The SMILES string of the molecule is CCNC(=O)c1ccc(C2=C(C(=O)O)N3C(=O)[C@H]([C@@H](C)O)[C@H]3C2)cc1.[H-].[Na+]. The van der Waals surface area contributed by atoms with Gasteiger partial charge in [-0.05, 0) is 43.5 Å². The van der Waals surface area contributed by atoms with Crippen molar-refractivity contribution in [3.05, 3.63) is 41.1 Å². The smallest absolute Gasteiger partial charge is 1.00 e. The summed E-state index contributed by atoms with van der Waals surface area (Å²) < 4.78 is 0. The van der Waals surface area contributed by atoms with Crippen molar-refractivity contribution in [3.8, 4) is 0 Å². The molecule has 0 radical (unpaired) electrons. The molecule has 8 heteroatoms. The molecule has 7 nitrogen and oxygen atoms in total. The molecule has 0 aromatic heterocycles. The number of amides is 2. The number of aliphatic carboxylic acids is 1. The maximum atomic E-state index is 12.2. The van der Waals surface area contributed by atoms with E-state index in [0.29, 0.717) is 29.7 Å². The zero-order chi connectivity index (χ0) is 18.3. The molecule has 0 bridgehead atoms. The number of rotatable bonds is 5. The molecule has 2 aliphatic heterocycles. The van der Waals surface area contributed by atoms with Gasteiger partial charge in [-0.25, -0.2) is 4.79 Å². The topological polar surface area (TPSA) is 107 Å². The molecule has 0 spiro atoms. The Balaban J connectivity index is 0.00000182. The quantitative estimate of drug-likeness (QED) is 0.410. The molecule has 3 rings (SSSR count). The van der Waals surface area contributed by atoms with Crippen LogP contribution in [0.5, 0.6) is 0 Å². The largest absolute Gasteiger partial charge is 1.00 e. The molecule has 0 aliphatic carbocycles. The molecule has 2 amide bonds. The zero-order valence-corrected chi connectivity index (χ0v) is 17.0. The summed E-state index contributed by atoms with van der Waals surface area (Å²) in [7, 11) is 0. The van der Waals surface area contributed by atoms with Gasteiger partial charge >= 0.3 is 35.5 Å². The number of carboxylic acids is 1. The van der Waals surface area contributed by atoms with Crippen molar-refractivity contribution in [2.24, 2.45) is 5.92 Å². The fraction of sp³-hybridized carbons (Fsp3) is 0.389. The van der Waals surface area contributed by atoms with Gasteiger partial charge in [0.2, 0.25) is 5.91 Å². The van der Waals surface area contributed by atoms with Crippen molar-refractivity contribution in [2.75, 3.05) is 6.54 Å². The number of carbonyl (C=O) groups is 3. The number of hydrogen-bond donors (Lipinski definition) is 3. The van der Waals surface area contributed by atoms with E-state index in [4.69, 9.17) is 0 Å². The summed E-state index contributed by atoms with van der Waals surface area (Å²) in [5.41, 5.74) is 1.67. The number of hydrogen-bond acceptors (Lipinski definition) is 4. The third kappa shape index (κ3) is 3.32. The van der Waals surface area contributed by atoms with Crippen molar-refractivity contribution >= 4 is 23.4 Å². The number of fused-ring (bicyclic) bond motifs is 1. The molecule has 1 aromatic rings. The normalized spacial score (nSPS) is 22.3. The van der Waals surface area contributed by atoms with Gasteiger partial charge in [-0.15, -0.1) is 0 Å². The van der Waals surface area contributed by atoms with E-state index in [0.717, 1.165) is 0 Å². The minimum absolute atomic E-state index is 0. The van der Waals surface area contributed by atoms with E-state index >= 15 is 0 Å². The van der Waals surface area contributed by atoms with Crippen LogP contribution in [0.3, 0.4) is 0 Å². The van der Waals surface area contributed by atoms with Gasteiger partial charge in [-0.2, -0.15) is 0 Å². The number of nitrogens with zero attached hydrogens (tertiary/aromatic N) is 1. The van der Waals surface area contributed by atoms with Crippen LogP contribution in [0, 0.1) is 5.92 Å². The van der Waals surface area contributed by atoms with E-state index in [1.165, 1.54) is 4.90 Å². The van der Waals surface area contributed by atoms with E-state index < -0.39 is 18.0 Å². The molecular weight excluding hydrogens is 347 g/mol. The number of aliphatic hydroxyl groups is 1. The second-order valence-electron chi connectivity index (χ2n) is 6.32. The molecule has 2 aliphatic rings. The Labute approximate surface area is 174 Å². The Morgan fingerprint density at radius 1 is 1.35 bits per heavy atom. The summed E-state index contributed by atoms with van der Waals surface area (Å²) in [6.07, 6.45) is -0.438. The maximum absolute atomic E-state index is 12.2. The zero-order valence-electron chi connectivity index (χ0n) is 16.0. The first kappa shape index (κ1) is 20.6. The summed E-state index contributed by atoms with van der Waals surface area (Å²) >= 11 is 0. The average molecular weight is 368 g/mol. The van der Waals surface area contributed by atoms with Crippen LogP contribution >= 0.6 is 0 Å². The third-order valence-corrected chi connectivity index (χ3v) is 4.76. The van der Waals surface area contributed by atoms with Gasteiger partial charge in [-0.1, -0.05) is 12.1 Å². The predicted molar refractivity (Wildman–Crippen MR) is 90.5 cm³/mol. The summed E-state index contributed by atoms with van der Waals surface area (Å²) in [6.45, 7) is 3.89. The molecule has 1 aromatic carbocycles. The van der Waals surface area contributed by atoms with Crippen molar-refractivity contribution in [1.82, 2.24) is 10.2 Å². The molecule has 1 fully saturated rings. The molecular formula is C18H21N2NaO5. The van der Waals surface area contributed by atoms with Crippen molar-refractivity contribution in [3.63, 3.8) is 0 Å². The fourth-order valence-corrected chi connectivity index (χ4v) is 3.61. The Morgan fingerprint density at radius 3 is 2.46 bits per heavy atom. The van der Waals surface area contributed by atoms with Gasteiger partial charge in [0.15, 0.2) is 0 Å². The van der Waals surface area contributed by atoms with Crippen LogP contribution in [0.15, 0.2) is 30.0 Å². The predicted octanol–water partition coefficient (Wildman–Crippen LogP) is -2.04. The Kier molecular flexibility index (Phi) is 6.29. The van der Waals surface area contributed by atoms with Crippen LogP contribution in [0.2, 0.25) is 0 Å². The number of carbonyl (C=O) groups excluding carboxylic acids is 2. The van der Waals surface area contributed by atoms with E-state index in [-0.39, 0.29) is 54.5 Å². The van der Waals surface area contributed by atoms with Gasteiger partial charge < -0.3 is 21.9 Å². The van der Waals surface area contributed by atoms with Gasteiger partial charge in [-0.3, -0.25) is 9.59 Å². The average Bonchev–Trinajstić information content (AvgIpc) is 2.90. The molecule has 0 saturated carbocycles. The molecule has 1 saturated heterocycles. The minimum atomic E-state index is -1.16. The van der Waals surface area contributed by atoms with E-state index in [9.17, 15) is 24.6 Å². The molecule has 3 N–H and O–H groups in total. The molecule has 134 valence electrons. The Bertz CT molecular complexity index is 778. The van der Waals surface area contributed by atoms with Crippen LogP contribution in [0.1, 0.15) is 37.6 Å². The summed E-state index contributed by atoms with van der Waals surface area (Å²) in [6, 6.07) is 6.33. The van der Waals surface area contributed by atoms with E-state index in [2.05, 4.69) is 5.32 Å². The van der Waals surface area contributed by atoms with Crippen molar-refractivity contribution in [1.29, 1.82) is 0 Å². The van der Waals surface area contributed by atoms with Crippen LogP contribution in [0.4, 0.5) is 0 Å². The fourth-order valence-electron chi connectivity index (χ4n) is 3.61. The van der Waals surface area contributed by atoms with Crippen LogP contribution < -0.4 is 34.9 Å².